The molecule has 1 heterocycles. The van der Waals surface area contributed by atoms with Crippen molar-refractivity contribution in [2.24, 2.45) is 29.1 Å². The van der Waals surface area contributed by atoms with E-state index in [0.717, 1.165) is 36.0 Å². The van der Waals surface area contributed by atoms with Gasteiger partial charge in [-0.25, -0.2) is 0 Å². The van der Waals surface area contributed by atoms with Gasteiger partial charge < -0.3 is 16.0 Å². The third kappa shape index (κ3) is 3.01. The maximum absolute atomic E-state index is 13.2. The van der Waals surface area contributed by atoms with Crippen molar-refractivity contribution in [3.05, 3.63) is 40.9 Å². The number of benzene rings is 1. The Balaban J connectivity index is 1.33. The Bertz CT molecular complexity index is 812. The number of carbonyl (C=O) groups is 2. The Morgan fingerprint density at radius 3 is 2.36 bits per heavy atom. The second-order valence-corrected chi connectivity index (χ2v) is 9.67. The smallest absolute Gasteiger partial charge is 0.228 e. The molecule has 6 heteroatoms. The van der Waals surface area contributed by atoms with Crippen LogP contribution in [0.25, 0.3) is 0 Å². The summed E-state index contributed by atoms with van der Waals surface area (Å²) in [6.45, 7) is 1.68. The number of anilines is 1. The first kappa shape index (κ1) is 18.4. The number of amides is 2. The van der Waals surface area contributed by atoms with Gasteiger partial charge >= 0.3 is 0 Å². The third-order valence-corrected chi connectivity index (χ3v) is 7.77. The fourth-order valence-electron chi connectivity index (χ4n) is 5.74. The van der Waals surface area contributed by atoms with Crippen molar-refractivity contribution in [3.8, 4) is 0 Å². The van der Waals surface area contributed by atoms with Gasteiger partial charge in [-0.1, -0.05) is 28.1 Å². The Labute approximate surface area is 173 Å². The third-order valence-electron chi connectivity index (χ3n) is 7.24. The lowest BCUT2D eigenvalue weighted by Gasteiger charge is -2.27. The van der Waals surface area contributed by atoms with Crippen LogP contribution in [0.4, 0.5) is 5.69 Å². The lowest BCUT2D eigenvalue weighted by molar-refractivity contribution is -0.132. The Morgan fingerprint density at radius 1 is 1.07 bits per heavy atom. The number of rotatable bonds is 5. The van der Waals surface area contributed by atoms with E-state index in [-0.39, 0.29) is 40.9 Å². The molecule has 3 aliphatic carbocycles. The molecule has 3 fully saturated rings. The highest BCUT2D eigenvalue weighted by molar-refractivity contribution is 9.10. The highest BCUT2D eigenvalue weighted by atomic mass is 79.9. The molecule has 1 aromatic rings. The number of carbonyl (C=O) groups excluding carboxylic acids is 2. The molecule has 1 saturated heterocycles. The molecule has 1 aromatic carbocycles. The van der Waals surface area contributed by atoms with Crippen LogP contribution in [0.2, 0.25) is 0 Å². The van der Waals surface area contributed by atoms with Gasteiger partial charge in [0, 0.05) is 22.7 Å². The molecule has 148 valence electrons. The van der Waals surface area contributed by atoms with E-state index in [4.69, 9.17) is 0 Å². The predicted octanol–water partition coefficient (Wildman–Crippen LogP) is 3.08. The minimum absolute atomic E-state index is 0.0235. The Kier molecular flexibility index (Phi) is 4.59. The monoisotopic (exact) mass is 443 g/mol. The fourth-order valence-corrected chi connectivity index (χ4v) is 6.01. The SMILES string of the molecule is O=C(NCC1CCCN1)[C@H]1[C@H](C(=O)Nc2ccc(Br)cc2)[C@H]2C=C[C@H]1C21CC1. The summed E-state index contributed by atoms with van der Waals surface area (Å²) in [5, 5.41) is 9.63. The number of nitrogens with one attached hydrogen (secondary N) is 3. The lowest BCUT2D eigenvalue weighted by atomic mass is 9.81. The number of hydrogen-bond acceptors (Lipinski definition) is 3. The summed E-state index contributed by atoms with van der Waals surface area (Å²) in [6.07, 6.45) is 8.94. The summed E-state index contributed by atoms with van der Waals surface area (Å²) in [6, 6.07) is 7.97. The molecule has 1 aliphatic heterocycles. The van der Waals surface area contributed by atoms with Crippen LogP contribution in [-0.4, -0.2) is 30.9 Å². The largest absolute Gasteiger partial charge is 0.354 e. The maximum Gasteiger partial charge on any atom is 0.228 e. The average molecular weight is 444 g/mol. The van der Waals surface area contributed by atoms with E-state index in [2.05, 4.69) is 44.0 Å². The van der Waals surface area contributed by atoms with Crippen molar-refractivity contribution in [2.45, 2.75) is 31.7 Å². The van der Waals surface area contributed by atoms with Crippen molar-refractivity contribution in [1.29, 1.82) is 0 Å². The zero-order valence-corrected chi connectivity index (χ0v) is 17.4. The van der Waals surface area contributed by atoms with E-state index in [1.54, 1.807) is 0 Å². The second kappa shape index (κ2) is 6.99. The van der Waals surface area contributed by atoms with Crippen LogP contribution in [0.1, 0.15) is 25.7 Å². The minimum atomic E-state index is -0.280. The summed E-state index contributed by atoms with van der Waals surface area (Å²) in [4.78, 5) is 26.4. The van der Waals surface area contributed by atoms with Gasteiger partial charge in [-0.15, -0.1) is 0 Å². The van der Waals surface area contributed by atoms with Crippen molar-refractivity contribution in [2.75, 3.05) is 18.4 Å². The molecule has 0 radical (unpaired) electrons. The lowest BCUT2D eigenvalue weighted by Crippen LogP contribution is -2.45. The van der Waals surface area contributed by atoms with Crippen LogP contribution >= 0.6 is 15.9 Å². The molecule has 2 saturated carbocycles. The van der Waals surface area contributed by atoms with Crippen LogP contribution in [0.3, 0.4) is 0 Å². The first-order valence-corrected chi connectivity index (χ1v) is 11.1. The molecular formula is C22H26BrN3O2. The molecule has 3 N–H and O–H groups in total. The van der Waals surface area contributed by atoms with Crippen molar-refractivity contribution in [1.82, 2.24) is 10.6 Å². The van der Waals surface area contributed by atoms with Gasteiger partial charge in [0.05, 0.1) is 11.8 Å². The maximum atomic E-state index is 13.2. The van der Waals surface area contributed by atoms with Gasteiger partial charge in [0.1, 0.15) is 0 Å². The molecule has 2 amide bonds. The Hall–Kier alpha value is -1.66. The van der Waals surface area contributed by atoms with Crippen molar-refractivity contribution in [3.63, 3.8) is 0 Å². The predicted molar refractivity (Wildman–Crippen MR) is 112 cm³/mol. The summed E-state index contributed by atoms with van der Waals surface area (Å²) >= 11 is 3.42. The summed E-state index contributed by atoms with van der Waals surface area (Å²) in [7, 11) is 0. The van der Waals surface area contributed by atoms with Gasteiger partial charge in [0.25, 0.3) is 0 Å². The number of allylic oxidation sites excluding steroid dienone is 2. The van der Waals surface area contributed by atoms with Crippen molar-refractivity contribution < 1.29 is 9.59 Å². The first-order chi connectivity index (χ1) is 13.6. The van der Waals surface area contributed by atoms with Gasteiger partial charge in [-0.05, 0) is 73.7 Å². The molecule has 5 rings (SSSR count). The molecule has 1 unspecified atom stereocenters. The molecule has 5 atom stereocenters. The van der Waals surface area contributed by atoms with Crippen LogP contribution < -0.4 is 16.0 Å². The number of halogens is 1. The molecule has 0 aromatic heterocycles. The summed E-state index contributed by atoms with van der Waals surface area (Å²) < 4.78 is 0.975. The number of hydrogen-bond donors (Lipinski definition) is 3. The van der Waals surface area contributed by atoms with E-state index < -0.39 is 0 Å². The molecule has 4 aliphatic rings. The van der Waals surface area contributed by atoms with Gasteiger partial charge in [-0.3, -0.25) is 9.59 Å². The molecule has 1 spiro atoms. The highest BCUT2D eigenvalue weighted by Gasteiger charge is 2.69. The molecule has 2 bridgehead atoms. The standard InChI is InChI=1S/C22H26BrN3O2/c23-13-3-5-14(6-4-13)26-21(28)19-17-8-7-16(22(17)9-10-22)18(19)20(27)25-12-15-2-1-11-24-15/h3-8,15-19,24H,1-2,9-12H2,(H,25,27)(H,26,28)/t15?,16-,17-,18-,19-/m1/s1. The average Bonchev–Trinajstić information content (AvgIpc) is 3.05. The molecule has 28 heavy (non-hydrogen) atoms. The van der Waals surface area contributed by atoms with Gasteiger partial charge in [0.15, 0.2) is 0 Å². The zero-order valence-electron chi connectivity index (χ0n) is 15.8. The minimum Gasteiger partial charge on any atom is -0.354 e. The van der Waals surface area contributed by atoms with E-state index in [1.807, 2.05) is 24.3 Å². The van der Waals surface area contributed by atoms with E-state index >= 15 is 0 Å². The van der Waals surface area contributed by atoms with Crippen LogP contribution in [0, 0.1) is 29.1 Å². The van der Waals surface area contributed by atoms with Gasteiger partial charge in [0.2, 0.25) is 11.8 Å². The topological polar surface area (TPSA) is 70.2 Å². The van der Waals surface area contributed by atoms with E-state index in [0.29, 0.717) is 12.6 Å². The van der Waals surface area contributed by atoms with E-state index in [9.17, 15) is 9.59 Å². The first-order valence-electron chi connectivity index (χ1n) is 10.3. The second-order valence-electron chi connectivity index (χ2n) is 8.76. The molecular weight excluding hydrogens is 418 g/mol. The summed E-state index contributed by atoms with van der Waals surface area (Å²) in [5.41, 5.74) is 0.939. The van der Waals surface area contributed by atoms with Crippen LogP contribution in [0.5, 0.6) is 0 Å². The normalized spacial score (nSPS) is 34.0. The van der Waals surface area contributed by atoms with Crippen LogP contribution in [0.15, 0.2) is 40.9 Å². The Morgan fingerprint density at radius 2 is 1.75 bits per heavy atom. The quantitative estimate of drug-likeness (QED) is 0.612. The van der Waals surface area contributed by atoms with Gasteiger partial charge in [-0.2, -0.15) is 0 Å². The van der Waals surface area contributed by atoms with E-state index in [1.165, 1.54) is 6.42 Å². The van der Waals surface area contributed by atoms with Crippen LogP contribution in [-0.2, 0) is 9.59 Å². The fraction of sp³-hybridized carbons (Fsp3) is 0.545. The van der Waals surface area contributed by atoms with Crippen molar-refractivity contribution >= 4 is 33.4 Å². The molecule has 5 nitrogen and oxygen atoms in total. The highest BCUT2D eigenvalue weighted by Crippen LogP contribution is 2.72. The summed E-state index contributed by atoms with van der Waals surface area (Å²) in [5.74, 6) is -0.118. The zero-order chi connectivity index (χ0) is 19.3.